The van der Waals surface area contributed by atoms with Crippen molar-refractivity contribution in [2.75, 3.05) is 0 Å². The standard InChI is InChI=1S/C13H14.C2H6/c1-11-7-9-13(10-8-11)12-5-3-2-4-6-12;1-2/h2-3,5,7-10H,4,6H2,1H3;1-2H3. The largest absolute Gasteiger partial charge is 0.0842 e. The van der Waals surface area contributed by atoms with Crippen LogP contribution in [0.5, 0.6) is 0 Å². The van der Waals surface area contributed by atoms with Crippen LogP contribution in [0.3, 0.4) is 0 Å². The van der Waals surface area contributed by atoms with Crippen LogP contribution in [0.25, 0.3) is 5.57 Å². The van der Waals surface area contributed by atoms with Crippen molar-refractivity contribution >= 4 is 5.57 Å². The highest BCUT2D eigenvalue weighted by molar-refractivity contribution is 5.68. The van der Waals surface area contributed by atoms with Gasteiger partial charge in [-0.25, -0.2) is 0 Å². The van der Waals surface area contributed by atoms with E-state index in [-0.39, 0.29) is 0 Å². The van der Waals surface area contributed by atoms with E-state index in [1.165, 1.54) is 29.5 Å². The Labute approximate surface area is 93.3 Å². The zero-order valence-corrected chi connectivity index (χ0v) is 9.96. The third kappa shape index (κ3) is 3.39. The van der Waals surface area contributed by atoms with E-state index in [2.05, 4.69) is 49.4 Å². The highest BCUT2D eigenvalue weighted by Crippen LogP contribution is 2.23. The van der Waals surface area contributed by atoms with Gasteiger partial charge in [0.05, 0.1) is 0 Å². The molecule has 0 saturated carbocycles. The molecular formula is C15H20. The average Bonchev–Trinajstić information content (AvgIpc) is 2.34. The molecule has 0 unspecified atom stereocenters. The minimum atomic E-state index is 1.18. The van der Waals surface area contributed by atoms with Gasteiger partial charge in [-0.2, -0.15) is 0 Å². The molecule has 0 heteroatoms. The van der Waals surface area contributed by atoms with Crippen molar-refractivity contribution < 1.29 is 0 Å². The lowest BCUT2D eigenvalue weighted by molar-refractivity contribution is 1.05. The summed E-state index contributed by atoms with van der Waals surface area (Å²) in [6.45, 7) is 6.12. The highest BCUT2D eigenvalue weighted by atomic mass is 14.1. The molecule has 0 saturated heterocycles. The topological polar surface area (TPSA) is 0 Å². The average molecular weight is 200 g/mol. The molecular weight excluding hydrogens is 180 g/mol. The van der Waals surface area contributed by atoms with E-state index in [9.17, 15) is 0 Å². The van der Waals surface area contributed by atoms with Gasteiger partial charge < -0.3 is 0 Å². The molecule has 0 spiro atoms. The number of benzene rings is 1. The van der Waals surface area contributed by atoms with Crippen LogP contribution in [0, 0.1) is 6.92 Å². The Kier molecular flexibility index (Phi) is 4.89. The van der Waals surface area contributed by atoms with Crippen molar-refractivity contribution in [1.82, 2.24) is 0 Å². The van der Waals surface area contributed by atoms with Crippen LogP contribution >= 0.6 is 0 Å². The maximum Gasteiger partial charge on any atom is -0.0224 e. The summed E-state index contributed by atoms with van der Waals surface area (Å²) in [7, 11) is 0. The third-order valence-corrected chi connectivity index (χ3v) is 2.44. The van der Waals surface area contributed by atoms with Crippen LogP contribution in [0.15, 0.2) is 42.5 Å². The summed E-state index contributed by atoms with van der Waals surface area (Å²) in [5.41, 5.74) is 4.16. The highest BCUT2D eigenvalue weighted by Gasteiger charge is 2.01. The Hall–Kier alpha value is -1.30. The molecule has 0 radical (unpaired) electrons. The molecule has 0 aromatic heterocycles. The van der Waals surface area contributed by atoms with E-state index in [4.69, 9.17) is 0 Å². The van der Waals surface area contributed by atoms with Gasteiger partial charge in [-0.3, -0.25) is 0 Å². The molecule has 0 fully saturated rings. The zero-order chi connectivity index (χ0) is 11.1. The number of allylic oxidation sites excluding steroid dienone is 4. The summed E-state index contributed by atoms with van der Waals surface area (Å²) in [4.78, 5) is 0. The monoisotopic (exact) mass is 200 g/mol. The predicted octanol–water partition coefficient (Wildman–Crippen LogP) is 4.75. The van der Waals surface area contributed by atoms with E-state index in [0.717, 1.165) is 0 Å². The number of hydrogen-bond donors (Lipinski definition) is 0. The van der Waals surface area contributed by atoms with Crippen LogP contribution < -0.4 is 0 Å². The van der Waals surface area contributed by atoms with E-state index < -0.39 is 0 Å². The smallest absolute Gasteiger partial charge is 0.0224 e. The van der Waals surface area contributed by atoms with Crippen LogP contribution in [-0.2, 0) is 0 Å². The van der Waals surface area contributed by atoms with Crippen molar-refractivity contribution in [3.8, 4) is 0 Å². The van der Waals surface area contributed by atoms with Crippen molar-refractivity contribution in [2.45, 2.75) is 33.6 Å². The van der Waals surface area contributed by atoms with E-state index >= 15 is 0 Å². The first-order valence-corrected chi connectivity index (χ1v) is 5.79. The lowest BCUT2D eigenvalue weighted by atomic mass is 9.97. The first-order valence-electron chi connectivity index (χ1n) is 5.79. The Morgan fingerprint density at radius 2 is 1.67 bits per heavy atom. The van der Waals surface area contributed by atoms with E-state index in [0.29, 0.717) is 0 Å². The second kappa shape index (κ2) is 6.23. The summed E-state index contributed by atoms with van der Waals surface area (Å²) >= 11 is 0. The van der Waals surface area contributed by atoms with Gasteiger partial charge in [0.25, 0.3) is 0 Å². The number of aryl methyl sites for hydroxylation is 1. The molecule has 0 amide bonds. The normalized spacial score (nSPS) is 13.9. The summed E-state index contributed by atoms with van der Waals surface area (Å²) in [6, 6.07) is 8.77. The van der Waals surface area contributed by atoms with Crippen LogP contribution in [0.2, 0.25) is 0 Å². The first kappa shape index (κ1) is 11.8. The van der Waals surface area contributed by atoms with Gasteiger partial charge in [-0.15, -0.1) is 0 Å². The van der Waals surface area contributed by atoms with Gasteiger partial charge in [-0.05, 0) is 30.9 Å². The fraction of sp³-hybridized carbons (Fsp3) is 0.333. The van der Waals surface area contributed by atoms with Crippen molar-refractivity contribution in [3.63, 3.8) is 0 Å². The minimum Gasteiger partial charge on any atom is -0.0842 e. The van der Waals surface area contributed by atoms with Gasteiger partial charge >= 0.3 is 0 Å². The Morgan fingerprint density at radius 1 is 1.00 bits per heavy atom. The quantitative estimate of drug-likeness (QED) is 0.613. The Balaban J connectivity index is 0.000000531. The molecule has 0 heterocycles. The summed E-state index contributed by atoms with van der Waals surface area (Å²) in [5, 5.41) is 0. The van der Waals surface area contributed by atoms with Gasteiger partial charge in [-0.1, -0.05) is 61.9 Å². The molecule has 15 heavy (non-hydrogen) atoms. The molecule has 0 N–H and O–H groups in total. The number of rotatable bonds is 1. The zero-order valence-electron chi connectivity index (χ0n) is 9.96. The molecule has 0 bridgehead atoms. The maximum absolute atomic E-state index is 2.22. The SMILES string of the molecule is CC.Cc1ccc(C2=CC=CCC2)cc1. The third-order valence-electron chi connectivity index (χ3n) is 2.44. The fourth-order valence-electron chi connectivity index (χ4n) is 1.61. The van der Waals surface area contributed by atoms with Gasteiger partial charge in [0.1, 0.15) is 0 Å². The van der Waals surface area contributed by atoms with E-state index in [1.807, 2.05) is 13.8 Å². The van der Waals surface area contributed by atoms with Crippen LogP contribution in [0.4, 0.5) is 0 Å². The molecule has 0 atom stereocenters. The van der Waals surface area contributed by atoms with Gasteiger partial charge in [0.15, 0.2) is 0 Å². The molecule has 0 nitrogen and oxygen atoms in total. The molecule has 1 aromatic carbocycles. The second-order valence-corrected chi connectivity index (χ2v) is 3.52. The van der Waals surface area contributed by atoms with Crippen molar-refractivity contribution in [2.24, 2.45) is 0 Å². The van der Waals surface area contributed by atoms with Crippen LogP contribution in [0.1, 0.15) is 37.8 Å². The number of hydrogen-bond acceptors (Lipinski definition) is 0. The second-order valence-electron chi connectivity index (χ2n) is 3.52. The van der Waals surface area contributed by atoms with Crippen LogP contribution in [-0.4, -0.2) is 0 Å². The predicted molar refractivity (Wildman–Crippen MR) is 68.9 cm³/mol. The lowest BCUT2D eigenvalue weighted by Gasteiger charge is -2.08. The summed E-state index contributed by atoms with van der Waals surface area (Å²) in [6.07, 6.45) is 8.95. The summed E-state index contributed by atoms with van der Waals surface area (Å²) < 4.78 is 0. The Bertz CT molecular complexity index is 339. The van der Waals surface area contributed by atoms with Gasteiger partial charge in [0.2, 0.25) is 0 Å². The van der Waals surface area contributed by atoms with Gasteiger partial charge in [0, 0.05) is 0 Å². The minimum absolute atomic E-state index is 1.18. The molecule has 0 aliphatic heterocycles. The van der Waals surface area contributed by atoms with Crippen molar-refractivity contribution in [3.05, 3.63) is 53.6 Å². The van der Waals surface area contributed by atoms with E-state index in [1.54, 1.807) is 0 Å². The molecule has 80 valence electrons. The van der Waals surface area contributed by atoms with Crippen molar-refractivity contribution in [1.29, 1.82) is 0 Å². The maximum atomic E-state index is 2.22. The lowest BCUT2D eigenvalue weighted by Crippen LogP contribution is -1.87. The fourth-order valence-corrected chi connectivity index (χ4v) is 1.61. The summed E-state index contributed by atoms with van der Waals surface area (Å²) in [5.74, 6) is 0. The first-order chi connectivity index (χ1) is 7.36. The molecule has 1 aliphatic carbocycles. The molecule has 1 aliphatic rings. The molecule has 1 aromatic rings. The Morgan fingerprint density at radius 3 is 2.20 bits per heavy atom. The molecule has 2 rings (SSSR count).